The summed E-state index contributed by atoms with van der Waals surface area (Å²) >= 11 is 0. The molecule has 1 aromatic rings. The lowest BCUT2D eigenvalue weighted by Gasteiger charge is -2.16. The standard InChI is InChI=1S/C33H42N4O7/c1-7-20-18(5)30(42)36-26(20)14-25-19(6)32(12-11-29(40)41)33(37-25,44-32)15-27-22(9-10-28(38)39)17(4)23(34-27)13-24-16(3)21(8-2)31(43)35-24/h14,18,20,34,37H,7-13,15H2,1-6H3,(H,36,42)(H,38,39)(H,40,41)/b26-14-/t18-,20-,32+,33+/m1/s1. The number of carbonyl (C=O) groups is 4. The van der Waals surface area contributed by atoms with Crippen LogP contribution in [0.4, 0.5) is 0 Å². The Hall–Kier alpha value is -3.99. The van der Waals surface area contributed by atoms with E-state index in [1.165, 1.54) is 0 Å². The number of fused-ring (bicyclic) bond motifs is 1. The number of rotatable bonds is 13. The van der Waals surface area contributed by atoms with Crippen LogP contribution in [0.2, 0.25) is 0 Å². The predicted molar refractivity (Wildman–Crippen MR) is 163 cm³/mol. The van der Waals surface area contributed by atoms with E-state index in [2.05, 4.69) is 20.6 Å². The summed E-state index contributed by atoms with van der Waals surface area (Å²) in [4.78, 5) is 55.9. The van der Waals surface area contributed by atoms with Crippen molar-refractivity contribution in [3.8, 4) is 0 Å². The summed E-state index contributed by atoms with van der Waals surface area (Å²) in [6.45, 7) is 11.7. The van der Waals surface area contributed by atoms with Crippen LogP contribution in [-0.4, -0.2) is 56.0 Å². The van der Waals surface area contributed by atoms with Crippen molar-refractivity contribution in [3.05, 3.63) is 56.7 Å². The smallest absolute Gasteiger partial charge is 0.303 e. The minimum absolute atomic E-state index is 0.0155. The summed E-state index contributed by atoms with van der Waals surface area (Å²) in [5.74, 6) is -2.14. The Labute approximate surface area is 256 Å². The number of carboxylic acids is 2. The Kier molecular flexibility index (Phi) is 8.22. The maximum absolute atomic E-state index is 12.5. The maximum atomic E-state index is 12.5. The number of aromatic nitrogens is 1. The zero-order chi connectivity index (χ0) is 32.1. The molecule has 4 atom stereocenters. The van der Waals surface area contributed by atoms with Crippen molar-refractivity contribution >= 4 is 29.5 Å². The van der Waals surface area contributed by atoms with Gasteiger partial charge in [0, 0.05) is 65.9 Å². The first-order valence-electron chi connectivity index (χ1n) is 15.4. The second-order valence-electron chi connectivity index (χ2n) is 12.5. The van der Waals surface area contributed by atoms with E-state index in [1.807, 2.05) is 47.6 Å². The number of hydrogen-bond donors (Lipinski definition) is 5. The minimum Gasteiger partial charge on any atom is -0.481 e. The van der Waals surface area contributed by atoms with E-state index in [0.29, 0.717) is 37.0 Å². The summed E-state index contributed by atoms with van der Waals surface area (Å²) in [6, 6.07) is 0. The van der Waals surface area contributed by atoms with E-state index in [1.54, 1.807) is 0 Å². The molecule has 2 fully saturated rings. The van der Waals surface area contributed by atoms with Crippen molar-refractivity contribution in [2.24, 2.45) is 16.8 Å². The molecule has 236 valence electrons. The monoisotopic (exact) mass is 606 g/mol. The van der Waals surface area contributed by atoms with E-state index in [4.69, 9.17) is 4.74 Å². The molecule has 1 aromatic heterocycles. The third kappa shape index (κ3) is 5.21. The van der Waals surface area contributed by atoms with Crippen molar-refractivity contribution in [1.82, 2.24) is 15.6 Å². The largest absolute Gasteiger partial charge is 0.481 e. The quantitative estimate of drug-likeness (QED) is 0.209. The van der Waals surface area contributed by atoms with Crippen LogP contribution in [0.25, 0.3) is 0 Å². The fraction of sp³-hybridized carbons (Fsp3) is 0.545. The number of aliphatic imine (C=N–C) groups is 1. The molecule has 11 heteroatoms. The summed E-state index contributed by atoms with van der Waals surface area (Å²) in [7, 11) is 0. The molecule has 0 saturated carbocycles. The van der Waals surface area contributed by atoms with Crippen LogP contribution in [0.15, 0.2) is 39.2 Å². The number of hydrogen-bond acceptors (Lipinski definition) is 6. The second kappa shape index (κ2) is 11.5. The zero-order valence-electron chi connectivity index (χ0n) is 26.3. The van der Waals surface area contributed by atoms with Gasteiger partial charge in [-0.2, -0.15) is 0 Å². The van der Waals surface area contributed by atoms with E-state index in [-0.39, 0.29) is 42.9 Å². The van der Waals surface area contributed by atoms with Gasteiger partial charge < -0.3 is 30.6 Å². The summed E-state index contributed by atoms with van der Waals surface area (Å²) in [5, 5.41) is 25.6. The average Bonchev–Trinajstić information content (AvgIpc) is 3.05. The van der Waals surface area contributed by atoms with Crippen molar-refractivity contribution in [3.63, 3.8) is 0 Å². The molecule has 11 nitrogen and oxygen atoms in total. The fourth-order valence-corrected chi connectivity index (χ4v) is 7.34. The highest BCUT2D eigenvalue weighted by molar-refractivity contribution is 6.19. The van der Waals surface area contributed by atoms with E-state index in [9.17, 15) is 29.4 Å². The van der Waals surface area contributed by atoms with Crippen molar-refractivity contribution in [1.29, 1.82) is 0 Å². The molecule has 5 rings (SSSR count). The number of nitrogens with zero attached hydrogens (tertiary/aromatic N) is 1. The molecule has 4 aliphatic heterocycles. The van der Waals surface area contributed by atoms with E-state index < -0.39 is 23.3 Å². The number of ether oxygens (including phenoxy) is 1. The molecule has 0 radical (unpaired) electrons. The van der Waals surface area contributed by atoms with Gasteiger partial charge in [-0.3, -0.25) is 19.2 Å². The summed E-state index contributed by atoms with van der Waals surface area (Å²) in [5.41, 5.74) is 6.44. The zero-order valence-corrected chi connectivity index (χ0v) is 26.3. The normalized spacial score (nSPS) is 28.5. The summed E-state index contributed by atoms with van der Waals surface area (Å²) < 4.78 is 6.45. The van der Waals surface area contributed by atoms with E-state index in [0.717, 1.165) is 51.5 Å². The first kappa shape index (κ1) is 31.4. The molecule has 0 bridgehead atoms. The first-order valence-corrected chi connectivity index (χ1v) is 15.4. The third-order valence-corrected chi connectivity index (χ3v) is 10.1. The lowest BCUT2D eigenvalue weighted by atomic mass is 9.86. The van der Waals surface area contributed by atoms with E-state index >= 15 is 0 Å². The molecular weight excluding hydrogens is 564 g/mol. The molecule has 5 N–H and O–H groups in total. The van der Waals surface area contributed by atoms with Gasteiger partial charge in [0.25, 0.3) is 5.91 Å². The molecule has 0 spiro atoms. The molecular formula is C33H42N4O7. The molecule has 5 heterocycles. The van der Waals surface area contributed by atoms with Crippen LogP contribution >= 0.6 is 0 Å². The van der Waals surface area contributed by atoms with Gasteiger partial charge >= 0.3 is 11.9 Å². The Bertz CT molecular complexity index is 1580. The van der Waals surface area contributed by atoms with Gasteiger partial charge in [-0.25, -0.2) is 4.99 Å². The van der Waals surface area contributed by atoms with Gasteiger partial charge in [-0.1, -0.05) is 20.8 Å². The number of carbonyl (C=O) groups excluding carboxylic acids is 2. The summed E-state index contributed by atoms with van der Waals surface area (Å²) in [6.07, 6.45) is 4.52. The maximum Gasteiger partial charge on any atom is 0.303 e. The van der Waals surface area contributed by atoms with Gasteiger partial charge in [0.1, 0.15) is 5.60 Å². The van der Waals surface area contributed by atoms with Crippen LogP contribution in [0, 0.1) is 18.8 Å². The number of carboxylic acid groups (broad SMARTS) is 2. The number of allylic oxidation sites excluding steroid dienone is 3. The average molecular weight is 607 g/mol. The lowest BCUT2D eigenvalue weighted by molar-refractivity contribution is -0.138. The number of H-pyrrole nitrogens is 1. The Morgan fingerprint density at radius 2 is 1.77 bits per heavy atom. The van der Waals surface area contributed by atoms with Crippen LogP contribution < -0.4 is 10.6 Å². The minimum atomic E-state index is -0.937. The predicted octanol–water partition coefficient (Wildman–Crippen LogP) is 4.02. The van der Waals surface area contributed by atoms with Crippen molar-refractivity contribution < 1.29 is 34.1 Å². The van der Waals surface area contributed by atoms with Crippen LogP contribution in [0.1, 0.15) is 89.2 Å². The van der Waals surface area contributed by atoms with Gasteiger partial charge in [-0.15, -0.1) is 0 Å². The molecule has 0 aliphatic carbocycles. The van der Waals surface area contributed by atoms with Gasteiger partial charge in [0.2, 0.25) is 5.91 Å². The van der Waals surface area contributed by atoms with Crippen LogP contribution in [0.3, 0.4) is 0 Å². The molecule has 44 heavy (non-hydrogen) atoms. The number of nitrogens with one attached hydrogen (secondary N) is 3. The topological polar surface area (TPSA) is 173 Å². The molecule has 2 amide bonds. The SMILES string of the molecule is CCC1=C(C)C(Cc2[nH]c(C[C@@]34NC(/C=C5\NC(=O)[C@H](C)[C@H]5CC)=C(C)[C@]3(CCC(=O)O)O4)c(CCC(=O)O)c2C)=NC1=O. The Morgan fingerprint density at radius 3 is 2.39 bits per heavy atom. The first-order chi connectivity index (χ1) is 20.8. The van der Waals surface area contributed by atoms with Crippen LogP contribution in [-0.2, 0) is 43.2 Å². The lowest BCUT2D eigenvalue weighted by Crippen LogP contribution is -2.36. The van der Waals surface area contributed by atoms with Gasteiger partial charge in [0.05, 0.1) is 5.71 Å². The molecule has 2 saturated heterocycles. The number of aromatic amines is 1. The fourth-order valence-electron chi connectivity index (χ4n) is 7.34. The third-order valence-electron chi connectivity index (χ3n) is 10.1. The Balaban J connectivity index is 1.50. The molecule has 0 unspecified atom stereocenters. The highest BCUT2D eigenvalue weighted by atomic mass is 16.7. The Morgan fingerprint density at radius 1 is 1.07 bits per heavy atom. The van der Waals surface area contributed by atoms with Crippen LogP contribution in [0.5, 0.6) is 0 Å². The number of epoxide rings is 1. The van der Waals surface area contributed by atoms with Crippen molar-refractivity contribution in [2.75, 3.05) is 0 Å². The number of amides is 2. The second-order valence-corrected chi connectivity index (χ2v) is 12.5. The van der Waals surface area contributed by atoms with Gasteiger partial charge in [-0.05, 0) is 74.8 Å². The molecule has 0 aromatic carbocycles. The molecule has 4 aliphatic rings. The van der Waals surface area contributed by atoms with Crippen molar-refractivity contribution in [2.45, 2.75) is 104 Å². The number of aliphatic carboxylic acids is 2. The highest BCUT2D eigenvalue weighted by Crippen LogP contribution is 2.61. The highest BCUT2D eigenvalue weighted by Gasteiger charge is 2.74. The van der Waals surface area contributed by atoms with Gasteiger partial charge in [0.15, 0.2) is 5.72 Å².